The van der Waals surface area contributed by atoms with E-state index >= 15 is 0 Å². The minimum atomic E-state index is 0.318. The van der Waals surface area contributed by atoms with E-state index in [4.69, 9.17) is 18.9 Å². The predicted molar refractivity (Wildman–Crippen MR) is 74.0 cm³/mol. The zero-order chi connectivity index (χ0) is 13.6. The van der Waals surface area contributed by atoms with Crippen molar-refractivity contribution in [1.29, 1.82) is 0 Å². The van der Waals surface area contributed by atoms with Crippen LogP contribution < -0.4 is 14.8 Å². The summed E-state index contributed by atoms with van der Waals surface area (Å²) in [6, 6.07) is 5.97. The molecule has 1 N–H and O–H groups in total. The van der Waals surface area contributed by atoms with Gasteiger partial charge in [-0.05, 0) is 12.5 Å². The van der Waals surface area contributed by atoms with E-state index in [9.17, 15) is 0 Å². The molecule has 0 saturated carbocycles. The van der Waals surface area contributed by atoms with E-state index in [2.05, 4.69) is 11.4 Å². The molecule has 0 radical (unpaired) electrons. The molecule has 5 heteroatoms. The smallest absolute Gasteiger partial charge is 0.231 e. The lowest BCUT2D eigenvalue weighted by Gasteiger charge is -2.10. The molecule has 110 valence electrons. The number of fused-ring (bicyclic) bond motifs is 1. The van der Waals surface area contributed by atoms with E-state index in [0.717, 1.165) is 63.0 Å². The molecule has 0 aliphatic carbocycles. The van der Waals surface area contributed by atoms with Crippen molar-refractivity contribution in [2.75, 3.05) is 39.8 Å². The molecule has 0 bridgehead atoms. The number of benzene rings is 1. The van der Waals surface area contributed by atoms with Gasteiger partial charge in [-0.2, -0.15) is 0 Å². The molecule has 1 saturated heterocycles. The van der Waals surface area contributed by atoms with Gasteiger partial charge in [0.1, 0.15) is 0 Å². The van der Waals surface area contributed by atoms with Gasteiger partial charge < -0.3 is 24.3 Å². The van der Waals surface area contributed by atoms with E-state index in [0.29, 0.717) is 12.7 Å². The molecule has 1 aromatic carbocycles. The third-order valence-corrected chi connectivity index (χ3v) is 3.59. The summed E-state index contributed by atoms with van der Waals surface area (Å²) >= 11 is 0. The van der Waals surface area contributed by atoms with Gasteiger partial charge in [-0.1, -0.05) is 12.1 Å². The Kier molecular flexibility index (Phi) is 4.73. The first kappa shape index (κ1) is 13.7. The van der Waals surface area contributed by atoms with Crippen LogP contribution in [0.1, 0.15) is 12.0 Å². The second-order valence-electron chi connectivity index (χ2n) is 5.13. The average Bonchev–Trinajstić information content (AvgIpc) is 3.13. The Morgan fingerprint density at radius 2 is 2.30 bits per heavy atom. The van der Waals surface area contributed by atoms with Gasteiger partial charge in [0, 0.05) is 31.2 Å². The second kappa shape index (κ2) is 6.92. The summed E-state index contributed by atoms with van der Waals surface area (Å²) in [5, 5.41) is 3.36. The van der Waals surface area contributed by atoms with Crippen LogP contribution in [0.15, 0.2) is 18.2 Å². The molecular formula is C15H21NO4. The molecule has 1 fully saturated rings. The molecule has 20 heavy (non-hydrogen) atoms. The van der Waals surface area contributed by atoms with E-state index in [-0.39, 0.29) is 0 Å². The Balaban J connectivity index is 1.33. The highest BCUT2D eigenvalue weighted by atomic mass is 16.7. The van der Waals surface area contributed by atoms with E-state index in [1.54, 1.807) is 0 Å². The van der Waals surface area contributed by atoms with E-state index in [1.165, 1.54) is 0 Å². The summed E-state index contributed by atoms with van der Waals surface area (Å²) in [5.41, 5.74) is 1.13. The predicted octanol–water partition coefficient (Wildman–Crippen LogP) is 1.56. The molecule has 2 heterocycles. The van der Waals surface area contributed by atoms with E-state index in [1.807, 2.05) is 12.1 Å². The van der Waals surface area contributed by atoms with Gasteiger partial charge in [0.15, 0.2) is 11.5 Å². The highest BCUT2D eigenvalue weighted by molar-refractivity contribution is 5.48. The Hall–Kier alpha value is -1.30. The topological polar surface area (TPSA) is 49.0 Å². The van der Waals surface area contributed by atoms with Gasteiger partial charge in [-0.15, -0.1) is 0 Å². The normalized spacial score (nSPS) is 20.5. The number of para-hydroxylation sites is 1. The highest BCUT2D eigenvalue weighted by Crippen LogP contribution is 2.35. The molecule has 3 rings (SSSR count). The van der Waals surface area contributed by atoms with Crippen LogP contribution in [0.3, 0.4) is 0 Å². The fourth-order valence-corrected chi connectivity index (χ4v) is 2.46. The minimum Gasteiger partial charge on any atom is -0.454 e. The van der Waals surface area contributed by atoms with Crippen molar-refractivity contribution in [3.05, 3.63) is 23.8 Å². The minimum absolute atomic E-state index is 0.318. The molecule has 0 spiro atoms. The fourth-order valence-electron chi connectivity index (χ4n) is 2.46. The van der Waals surface area contributed by atoms with Crippen molar-refractivity contribution in [1.82, 2.24) is 5.32 Å². The van der Waals surface area contributed by atoms with Crippen molar-refractivity contribution in [2.24, 2.45) is 5.92 Å². The molecule has 0 aromatic heterocycles. The summed E-state index contributed by atoms with van der Waals surface area (Å²) in [6.45, 7) is 5.18. The Bertz CT molecular complexity index is 432. The van der Waals surface area contributed by atoms with Crippen LogP contribution in [0.25, 0.3) is 0 Å². The van der Waals surface area contributed by atoms with Crippen molar-refractivity contribution in [2.45, 2.75) is 13.0 Å². The number of nitrogens with one attached hydrogen (secondary N) is 1. The van der Waals surface area contributed by atoms with Gasteiger partial charge in [0.05, 0.1) is 19.8 Å². The monoisotopic (exact) mass is 279 g/mol. The lowest BCUT2D eigenvalue weighted by Crippen LogP contribution is -2.21. The molecule has 1 atom stereocenters. The molecular weight excluding hydrogens is 258 g/mol. The maximum absolute atomic E-state index is 5.65. The molecule has 5 nitrogen and oxygen atoms in total. The van der Waals surface area contributed by atoms with Crippen LogP contribution in [0, 0.1) is 5.92 Å². The molecule has 1 aromatic rings. The largest absolute Gasteiger partial charge is 0.454 e. The zero-order valence-corrected chi connectivity index (χ0v) is 11.6. The summed E-state index contributed by atoms with van der Waals surface area (Å²) < 4.78 is 21.8. The quantitative estimate of drug-likeness (QED) is 0.768. The zero-order valence-electron chi connectivity index (χ0n) is 11.6. The fraction of sp³-hybridized carbons (Fsp3) is 0.600. The lowest BCUT2D eigenvalue weighted by atomic mass is 10.1. The van der Waals surface area contributed by atoms with Crippen LogP contribution in [0.2, 0.25) is 0 Å². The van der Waals surface area contributed by atoms with Crippen molar-refractivity contribution in [3.63, 3.8) is 0 Å². The lowest BCUT2D eigenvalue weighted by molar-refractivity contribution is 0.0912. The van der Waals surface area contributed by atoms with Crippen molar-refractivity contribution >= 4 is 0 Å². The number of rotatable bonds is 7. The highest BCUT2D eigenvalue weighted by Gasteiger charge is 2.17. The Labute approximate surface area is 119 Å². The third kappa shape index (κ3) is 3.42. The summed E-state index contributed by atoms with van der Waals surface area (Å²) in [5.74, 6) is 2.28. The summed E-state index contributed by atoms with van der Waals surface area (Å²) in [4.78, 5) is 0. The molecule has 1 unspecified atom stereocenters. The number of hydrogen-bond acceptors (Lipinski definition) is 5. The van der Waals surface area contributed by atoms with Crippen LogP contribution in [-0.2, 0) is 16.0 Å². The standard InChI is InChI=1S/C15H21NO4/c1-2-13(15-14(3-1)19-11-20-15)8-16-5-7-18-10-12-4-6-17-9-12/h1-3,12,16H,4-11H2. The Morgan fingerprint density at radius 3 is 3.20 bits per heavy atom. The van der Waals surface area contributed by atoms with Crippen LogP contribution in [0.5, 0.6) is 11.5 Å². The van der Waals surface area contributed by atoms with Crippen LogP contribution in [-0.4, -0.2) is 39.8 Å². The summed E-state index contributed by atoms with van der Waals surface area (Å²) in [6.07, 6.45) is 1.13. The number of ether oxygens (including phenoxy) is 4. The third-order valence-electron chi connectivity index (χ3n) is 3.59. The first-order valence-corrected chi connectivity index (χ1v) is 7.17. The SMILES string of the molecule is c1cc(CNCCOCC2CCOC2)c2c(c1)OCO2. The van der Waals surface area contributed by atoms with Gasteiger partial charge >= 0.3 is 0 Å². The molecule has 0 amide bonds. The van der Waals surface area contributed by atoms with Gasteiger partial charge in [0.25, 0.3) is 0 Å². The Morgan fingerprint density at radius 1 is 1.30 bits per heavy atom. The first-order valence-electron chi connectivity index (χ1n) is 7.17. The first-order chi connectivity index (χ1) is 9.93. The summed E-state index contributed by atoms with van der Waals surface area (Å²) in [7, 11) is 0. The average molecular weight is 279 g/mol. The maximum Gasteiger partial charge on any atom is 0.231 e. The van der Waals surface area contributed by atoms with Crippen molar-refractivity contribution < 1.29 is 18.9 Å². The molecule has 2 aliphatic heterocycles. The van der Waals surface area contributed by atoms with Crippen LogP contribution in [0.4, 0.5) is 0 Å². The number of hydrogen-bond donors (Lipinski definition) is 1. The maximum atomic E-state index is 5.65. The van der Waals surface area contributed by atoms with E-state index < -0.39 is 0 Å². The molecule has 2 aliphatic rings. The van der Waals surface area contributed by atoms with Gasteiger partial charge in [0.2, 0.25) is 6.79 Å². The van der Waals surface area contributed by atoms with Gasteiger partial charge in [-0.3, -0.25) is 0 Å². The van der Waals surface area contributed by atoms with Crippen molar-refractivity contribution in [3.8, 4) is 11.5 Å². The second-order valence-corrected chi connectivity index (χ2v) is 5.13. The van der Waals surface area contributed by atoms with Crippen LogP contribution >= 0.6 is 0 Å². The van der Waals surface area contributed by atoms with Gasteiger partial charge in [-0.25, -0.2) is 0 Å².